The molecule has 108 valence electrons. The van der Waals surface area contributed by atoms with Crippen LogP contribution >= 0.6 is 0 Å². The van der Waals surface area contributed by atoms with Crippen molar-refractivity contribution in [1.82, 2.24) is 5.32 Å². The fourth-order valence-corrected chi connectivity index (χ4v) is 2.01. The van der Waals surface area contributed by atoms with Gasteiger partial charge >= 0.3 is 12.1 Å². The second kappa shape index (κ2) is 6.91. The molecule has 1 aliphatic heterocycles. The van der Waals surface area contributed by atoms with Crippen LogP contribution in [0.2, 0.25) is 0 Å². The number of hydrogen-bond donors (Lipinski definition) is 2. The monoisotopic (exact) mass is 279 g/mol. The summed E-state index contributed by atoms with van der Waals surface area (Å²) in [7, 11) is 0. The fourth-order valence-electron chi connectivity index (χ4n) is 2.01. The van der Waals surface area contributed by atoms with Crippen molar-refractivity contribution >= 4 is 12.1 Å². The molecule has 1 heterocycles. The number of carboxylic acid groups (broad SMARTS) is 1. The largest absolute Gasteiger partial charge is 0.479 e. The van der Waals surface area contributed by atoms with E-state index in [2.05, 4.69) is 5.32 Å². The minimum absolute atomic E-state index is 0.204. The summed E-state index contributed by atoms with van der Waals surface area (Å²) in [6, 6.07) is 9.36. The van der Waals surface area contributed by atoms with Crippen molar-refractivity contribution in [2.45, 2.75) is 31.7 Å². The Morgan fingerprint density at radius 3 is 2.70 bits per heavy atom. The molecule has 2 rings (SSSR count). The molecule has 1 aliphatic rings. The molecule has 1 aromatic carbocycles. The second-order valence-electron chi connectivity index (χ2n) is 4.60. The molecule has 2 N–H and O–H groups in total. The molecule has 0 aromatic heterocycles. The maximum Gasteiger partial charge on any atom is 0.407 e. The van der Waals surface area contributed by atoms with Gasteiger partial charge in [-0.15, -0.1) is 0 Å². The van der Waals surface area contributed by atoms with Gasteiger partial charge in [-0.05, 0) is 18.4 Å². The van der Waals surface area contributed by atoms with Crippen molar-refractivity contribution in [2.75, 3.05) is 6.54 Å². The summed E-state index contributed by atoms with van der Waals surface area (Å²) in [6.45, 7) is 0.466. The fraction of sp³-hybridized carbons (Fsp3) is 0.429. The van der Waals surface area contributed by atoms with E-state index in [1.165, 1.54) is 0 Å². The van der Waals surface area contributed by atoms with Gasteiger partial charge in [-0.1, -0.05) is 30.3 Å². The van der Waals surface area contributed by atoms with Gasteiger partial charge in [0.05, 0.1) is 6.10 Å². The maximum atomic E-state index is 11.5. The summed E-state index contributed by atoms with van der Waals surface area (Å²) in [5, 5.41) is 11.4. The number of rotatable bonds is 5. The summed E-state index contributed by atoms with van der Waals surface area (Å²) in [4.78, 5) is 22.2. The van der Waals surface area contributed by atoms with Crippen molar-refractivity contribution in [3.63, 3.8) is 0 Å². The SMILES string of the molecule is O=C(NC[C@H]1CC[C@@H](C(=O)O)O1)OCc1ccccc1. The molecule has 0 radical (unpaired) electrons. The normalized spacial score (nSPS) is 21.4. The molecule has 1 aromatic rings. The van der Waals surface area contributed by atoms with E-state index in [1.54, 1.807) is 0 Å². The highest BCUT2D eigenvalue weighted by atomic mass is 16.6. The zero-order chi connectivity index (χ0) is 14.4. The third-order valence-electron chi connectivity index (χ3n) is 3.07. The Hall–Kier alpha value is -2.08. The highest BCUT2D eigenvalue weighted by Gasteiger charge is 2.30. The smallest absolute Gasteiger partial charge is 0.407 e. The molecule has 1 amide bonds. The molecule has 6 nitrogen and oxygen atoms in total. The molecule has 20 heavy (non-hydrogen) atoms. The first-order valence-corrected chi connectivity index (χ1v) is 6.48. The zero-order valence-corrected chi connectivity index (χ0v) is 11.0. The third-order valence-corrected chi connectivity index (χ3v) is 3.07. The van der Waals surface area contributed by atoms with E-state index < -0.39 is 18.2 Å². The summed E-state index contributed by atoms with van der Waals surface area (Å²) < 4.78 is 10.3. The van der Waals surface area contributed by atoms with Gasteiger partial charge in [-0.25, -0.2) is 9.59 Å². The molecular weight excluding hydrogens is 262 g/mol. The van der Waals surface area contributed by atoms with E-state index in [1.807, 2.05) is 30.3 Å². The Kier molecular flexibility index (Phi) is 4.95. The molecule has 0 bridgehead atoms. The summed E-state index contributed by atoms with van der Waals surface area (Å²) in [5.74, 6) is -0.959. The van der Waals surface area contributed by atoms with Crippen molar-refractivity contribution in [3.8, 4) is 0 Å². The summed E-state index contributed by atoms with van der Waals surface area (Å²) in [6.07, 6.45) is -0.463. The van der Waals surface area contributed by atoms with E-state index in [4.69, 9.17) is 14.6 Å². The number of aliphatic carboxylic acids is 1. The Bertz CT molecular complexity index is 462. The van der Waals surface area contributed by atoms with E-state index in [0.717, 1.165) is 5.56 Å². The van der Waals surface area contributed by atoms with Gasteiger partial charge in [0.2, 0.25) is 0 Å². The Morgan fingerprint density at radius 1 is 1.30 bits per heavy atom. The van der Waals surface area contributed by atoms with Crippen LogP contribution in [0.5, 0.6) is 0 Å². The van der Waals surface area contributed by atoms with Gasteiger partial charge in [0.25, 0.3) is 0 Å². The number of alkyl carbamates (subject to hydrolysis) is 1. The third kappa shape index (κ3) is 4.24. The van der Waals surface area contributed by atoms with Crippen LogP contribution in [0.15, 0.2) is 30.3 Å². The maximum absolute atomic E-state index is 11.5. The predicted molar refractivity (Wildman–Crippen MR) is 70.2 cm³/mol. The summed E-state index contributed by atoms with van der Waals surface area (Å²) >= 11 is 0. The highest BCUT2D eigenvalue weighted by Crippen LogP contribution is 2.19. The lowest BCUT2D eigenvalue weighted by Crippen LogP contribution is -2.33. The molecule has 0 spiro atoms. The number of amides is 1. The van der Waals surface area contributed by atoms with E-state index in [-0.39, 0.29) is 19.3 Å². The zero-order valence-electron chi connectivity index (χ0n) is 11.0. The average molecular weight is 279 g/mol. The molecule has 2 atom stereocenters. The quantitative estimate of drug-likeness (QED) is 0.854. The highest BCUT2D eigenvalue weighted by molar-refractivity contribution is 5.72. The number of carboxylic acids is 1. The van der Waals surface area contributed by atoms with Crippen LogP contribution in [0, 0.1) is 0 Å². The van der Waals surface area contributed by atoms with Crippen LogP contribution in [0.1, 0.15) is 18.4 Å². The lowest BCUT2D eigenvalue weighted by molar-refractivity contribution is -0.149. The van der Waals surface area contributed by atoms with Gasteiger partial charge in [-0.2, -0.15) is 0 Å². The Labute approximate surface area is 116 Å². The van der Waals surface area contributed by atoms with Gasteiger partial charge in [0, 0.05) is 6.54 Å². The molecule has 0 aliphatic carbocycles. The van der Waals surface area contributed by atoms with Gasteiger partial charge < -0.3 is 19.9 Å². The van der Waals surface area contributed by atoms with E-state index >= 15 is 0 Å². The standard InChI is InChI=1S/C14H17NO5/c16-13(17)12-7-6-11(20-12)8-15-14(18)19-9-10-4-2-1-3-5-10/h1-5,11-12H,6-9H2,(H,15,18)(H,16,17)/t11-,12+/m1/s1. The minimum atomic E-state index is -0.959. The van der Waals surface area contributed by atoms with Gasteiger partial charge in [0.1, 0.15) is 6.61 Å². The number of nitrogens with one attached hydrogen (secondary N) is 1. The molecule has 0 unspecified atom stereocenters. The van der Waals surface area contributed by atoms with Crippen molar-refractivity contribution in [2.24, 2.45) is 0 Å². The number of ether oxygens (including phenoxy) is 2. The lowest BCUT2D eigenvalue weighted by atomic mass is 10.2. The predicted octanol–water partition coefficient (Wildman–Crippen LogP) is 1.54. The molecule has 0 saturated carbocycles. The van der Waals surface area contributed by atoms with Crippen LogP contribution in [-0.4, -0.2) is 35.9 Å². The van der Waals surface area contributed by atoms with Crippen LogP contribution in [-0.2, 0) is 20.9 Å². The lowest BCUT2D eigenvalue weighted by Gasteiger charge is -2.12. The van der Waals surface area contributed by atoms with Crippen LogP contribution < -0.4 is 5.32 Å². The number of benzene rings is 1. The van der Waals surface area contributed by atoms with Crippen LogP contribution in [0.4, 0.5) is 4.79 Å². The van der Waals surface area contributed by atoms with Gasteiger partial charge in [-0.3, -0.25) is 0 Å². The van der Waals surface area contributed by atoms with E-state index in [9.17, 15) is 9.59 Å². The number of carbonyl (C=O) groups is 2. The summed E-state index contributed by atoms with van der Waals surface area (Å²) in [5.41, 5.74) is 0.908. The number of carbonyl (C=O) groups excluding carboxylic acids is 1. The van der Waals surface area contributed by atoms with Crippen LogP contribution in [0.3, 0.4) is 0 Å². The molecule has 1 saturated heterocycles. The van der Waals surface area contributed by atoms with Gasteiger partial charge in [0.15, 0.2) is 6.10 Å². The molecule has 1 fully saturated rings. The molecule has 6 heteroatoms. The topological polar surface area (TPSA) is 84.9 Å². The first-order chi connectivity index (χ1) is 9.65. The van der Waals surface area contributed by atoms with Crippen molar-refractivity contribution in [3.05, 3.63) is 35.9 Å². The van der Waals surface area contributed by atoms with Crippen LogP contribution in [0.25, 0.3) is 0 Å². The number of hydrogen-bond acceptors (Lipinski definition) is 4. The minimum Gasteiger partial charge on any atom is -0.479 e. The first kappa shape index (κ1) is 14.3. The molecular formula is C14H17NO5. The Balaban J connectivity index is 1.65. The van der Waals surface area contributed by atoms with E-state index in [0.29, 0.717) is 12.8 Å². The first-order valence-electron chi connectivity index (χ1n) is 6.48. The Morgan fingerprint density at radius 2 is 2.05 bits per heavy atom. The second-order valence-corrected chi connectivity index (χ2v) is 4.60. The average Bonchev–Trinajstić information content (AvgIpc) is 2.93. The van der Waals surface area contributed by atoms with Crippen molar-refractivity contribution < 1.29 is 24.2 Å². The van der Waals surface area contributed by atoms with Crippen molar-refractivity contribution in [1.29, 1.82) is 0 Å².